The van der Waals surface area contributed by atoms with Crippen molar-refractivity contribution < 1.29 is 4.42 Å². The zero-order valence-electron chi connectivity index (χ0n) is 12.5. The molecule has 0 unspecified atom stereocenters. The van der Waals surface area contributed by atoms with Crippen LogP contribution >= 0.6 is 0 Å². The summed E-state index contributed by atoms with van der Waals surface area (Å²) in [5, 5.41) is 4.87. The van der Waals surface area contributed by atoms with Gasteiger partial charge >= 0.3 is 0 Å². The van der Waals surface area contributed by atoms with Gasteiger partial charge in [0.05, 0.1) is 0 Å². The van der Waals surface area contributed by atoms with Crippen LogP contribution in [0.3, 0.4) is 0 Å². The average Bonchev–Trinajstić information content (AvgIpc) is 3.00. The van der Waals surface area contributed by atoms with E-state index in [-0.39, 0.29) is 0 Å². The van der Waals surface area contributed by atoms with E-state index in [1.807, 2.05) is 6.07 Å². The maximum Gasteiger partial charge on any atom is 0.136 e. The molecule has 0 saturated heterocycles. The highest BCUT2D eigenvalue weighted by atomic mass is 16.3. The van der Waals surface area contributed by atoms with Gasteiger partial charge in [0.15, 0.2) is 0 Å². The van der Waals surface area contributed by atoms with Crippen LogP contribution < -0.4 is 0 Å². The van der Waals surface area contributed by atoms with Crippen molar-refractivity contribution in [2.24, 2.45) is 0 Å². The minimum absolute atomic E-state index is 0.941. The average molecular weight is 294 g/mol. The van der Waals surface area contributed by atoms with E-state index >= 15 is 0 Å². The van der Waals surface area contributed by atoms with Crippen molar-refractivity contribution in [1.29, 1.82) is 0 Å². The predicted molar refractivity (Wildman–Crippen MR) is 96.7 cm³/mol. The molecule has 0 fully saturated rings. The second-order valence-electron chi connectivity index (χ2n) is 5.84. The number of benzene rings is 4. The van der Waals surface area contributed by atoms with E-state index in [0.717, 1.165) is 11.2 Å². The van der Waals surface area contributed by atoms with Gasteiger partial charge in [0, 0.05) is 10.8 Å². The third kappa shape index (κ3) is 1.87. The molecule has 1 nitrogen and oxygen atoms in total. The topological polar surface area (TPSA) is 13.1 Å². The molecule has 0 saturated carbocycles. The van der Waals surface area contributed by atoms with Crippen LogP contribution in [0.25, 0.3) is 43.8 Å². The summed E-state index contributed by atoms with van der Waals surface area (Å²) in [5.74, 6) is 0. The summed E-state index contributed by atoms with van der Waals surface area (Å²) in [7, 11) is 0. The van der Waals surface area contributed by atoms with Gasteiger partial charge in [-0.2, -0.15) is 0 Å². The van der Waals surface area contributed by atoms with Gasteiger partial charge in [0.1, 0.15) is 11.2 Å². The highest BCUT2D eigenvalue weighted by molar-refractivity contribution is 6.19. The van der Waals surface area contributed by atoms with Gasteiger partial charge < -0.3 is 4.42 Å². The smallest absolute Gasteiger partial charge is 0.136 e. The summed E-state index contributed by atoms with van der Waals surface area (Å²) in [6, 6.07) is 29.6. The lowest BCUT2D eigenvalue weighted by atomic mass is 10.0. The van der Waals surface area contributed by atoms with E-state index < -0.39 is 0 Å². The Balaban J connectivity index is 1.91. The molecular formula is C22H14O. The molecule has 23 heavy (non-hydrogen) atoms. The minimum atomic E-state index is 0.941. The largest absolute Gasteiger partial charge is 0.456 e. The first kappa shape index (κ1) is 12.5. The highest BCUT2D eigenvalue weighted by Crippen LogP contribution is 2.36. The van der Waals surface area contributed by atoms with Crippen molar-refractivity contribution in [1.82, 2.24) is 0 Å². The van der Waals surface area contributed by atoms with Gasteiger partial charge in [0.2, 0.25) is 0 Å². The fraction of sp³-hybridized carbons (Fsp3) is 0. The Kier molecular flexibility index (Phi) is 2.56. The molecule has 5 rings (SSSR count). The summed E-state index contributed by atoms with van der Waals surface area (Å²) in [6.45, 7) is 0. The lowest BCUT2D eigenvalue weighted by Gasteiger charge is -2.02. The Labute approximate surface area is 133 Å². The first-order chi connectivity index (χ1) is 11.4. The zero-order chi connectivity index (χ0) is 15.2. The van der Waals surface area contributed by atoms with Crippen molar-refractivity contribution in [3.05, 3.63) is 84.9 Å². The summed E-state index contributed by atoms with van der Waals surface area (Å²) >= 11 is 0. The standard InChI is InChI=1S/C22H14O/c1-2-6-15(7-3-1)17-11-12-20-19(14-17)22-18-9-5-4-8-16(18)10-13-21(22)23-20/h1-14H. The fourth-order valence-corrected chi connectivity index (χ4v) is 3.36. The maximum absolute atomic E-state index is 6.05. The molecule has 0 atom stereocenters. The summed E-state index contributed by atoms with van der Waals surface area (Å²) in [4.78, 5) is 0. The van der Waals surface area contributed by atoms with Gasteiger partial charge in [0.25, 0.3) is 0 Å². The number of rotatable bonds is 1. The number of hydrogen-bond acceptors (Lipinski definition) is 1. The van der Waals surface area contributed by atoms with Gasteiger partial charge in [-0.15, -0.1) is 0 Å². The maximum atomic E-state index is 6.05. The van der Waals surface area contributed by atoms with E-state index in [4.69, 9.17) is 4.42 Å². The monoisotopic (exact) mass is 294 g/mol. The summed E-state index contributed by atoms with van der Waals surface area (Å²) < 4.78 is 6.05. The molecule has 1 heteroatoms. The minimum Gasteiger partial charge on any atom is -0.456 e. The number of furan rings is 1. The van der Waals surface area contributed by atoms with Gasteiger partial charge in [-0.3, -0.25) is 0 Å². The van der Waals surface area contributed by atoms with E-state index in [1.54, 1.807) is 0 Å². The Morgan fingerprint density at radius 3 is 2.22 bits per heavy atom. The Hall–Kier alpha value is -3.06. The molecule has 0 bridgehead atoms. The normalized spacial score (nSPS) is 11.5. The van der Waals surface area contributed by atoms with E-state index in [1.165, 1.54) is 32.7 Å². The van der Waals surface area contributed by atoms with Crippen LogP contribution in [0.15, 0.2) is 89.3 Å². The molecule has 0 aliphatic heterocycles. The molecule has 0 spiro atoms. The van der Waals surface area contributed by atoms with E-state index in [9.17, 15) is 0 Å². The highest BCUT2D eigenvalue weighted by Gasteiger charge is 2.11. The van der Waals surface area contributed by atoms with Crippen molar-refractivity contribution in [3.63, 3.8) is 0 Å². The molecule has 4 aromatic carbocycles. The summed E-state index contributed by atoms with van der Waals surface area (Å²) in [5.41, 5.74) is 4.33. The molecule has 0 aliphatic carbocycles. The molecule has 1 heterocycles. The molecule has 5 aromatic rings. The second-order valence-corrected chi connectivity index (χ2v) is 5.84. The van der Waals surface area contributed by atoms with Crippen LogP contribution in [0, 0.1) is 0 Å². The van der Waals surface area contributed by atoms with Crippen LogP contribution in [-0.2, 0) is 0 Å². The third-order valence-electron chi connectivity index (χ3n) is 4.47. The third-order valence-corrected chi connectivity index (χ3v) is 4.47. The SMILES string of the molecule is c1ccc(-c2ccc3oc4ccc5ccccc5c4c3c2)cc1. The first-order valence-corrected chi connectivity index (χ1v) is 7.79. The van der Waals surface area contributed by atoms with Gasteiger partial charge in [-0.25, -0.2) is 0 Å². The van der Waals surface area contributed by atoms with Crippen molar-refractivity contribution >= 4 is 32.7 Å². The Morgan fingerprint density at radius 2 is 1.30 bits per heavy atom. The second kappa shape index (κ2) is 4.72. The van der Waals surface area contributed by atoms with Gasteiger partial charge in [-0.05, 0) is 40.1 Å². The summed E-state index contributed by atoms with van der Waals surface area (Å²) in [6.07, 6.45) is 0. The van der Waals surface area contributed by atoms with Crippen LogP contribution in [0.4, 0.5) is 0 Å². The molecule has 1 aromatic heterocycles. The zero-order valence-corrected chi connectivity index (χ0v) is 12.5. The van der Waals surface area contributed by atoms with Gasteiger partial charge in [-0.1, -0.05) is 66.7 Å². The molecule has 0 N–H and O–H groups in total. The predicted octanol–water partition coefficient (Wildman–Crippen LogP) is 6.41. The van der Waals surface area contributed by atoms with Crippen LogP contribution in [0.2, 0.25) is 0 Å². The van der Waals surface area contributed by atoms with Crippen LogP contribution in [0.5, 0.6) is 0 Å². The molecular weight excluding hydrogens is 280 g/mol. The number of fused-ring (bicyclic) bond motifs is 5. The number of hydrogen-bond donors (Lipinski definition) is 0. The van der Waals surface area contributed by atoms with Crippen molar-refractivity contribution in [2.45, 2.75) is 0 Å². The first-order valence-electron chi connectivity index (χ1n) is 7.79. The molecule has 0 radical (unpaired) electrons. The van der Waals surface area contributed by atoms with Crippen molar-refractivity contribution in [2.75, 3.05) is 0 Å². The quantitative estimate of drug-likeness (QED) is 0.348. The lowest BCUT2D eigenvalue weighted by Crippen LogP contribution is -1.77. The molecule has 0 aliphatic rings. The molecule has 0 amide bonds. The lowest BCUT2D eigenvalue weighted by molar-refractivity contribution is 0.669. The van der Waals surface area contributed by atoms with E-state index in [0.29, 0.717) is 0 Å². The fourth-order valence-electron chi connectivity index (χ4n) is 3.36. The molecule has 108 valence electrons. The van der Waals surface area contributed by atoms with Crippen LogP contribution in [-0.4, -0.2) is 0 Å². The van der Waals surface area contributed by atoms with Crippen molar-refractivity contribution in [3.8, 4) is 11.1 Å². The Bertz CT molecular complexity index is 1150. The Morgan fingerprint density at radius 1 is 0.522 bits per heavy atom. The van der Waals surface area contributed by atoms with E-state index in [2.05, 4.69) is 78.9 Å². The van der Waals surface area contributed by atoms with Crippen LogP contribution in [0.1, 0.15) is 0 Å².